The fourth-order valence-corrected chi connectivity index (χ4v) is 6.73. The number of nitrogens with one attached hydrogen (secondary N) is 1. The van der Waals surface area contributed by atoms with Gasteiger partial charge in [0, 0.05) is 53.2 Å². The largest absolute Gasteiger partial charge is 0.497 e. The van der Waals surface area contributed by atoms with Crippen molar-refractivity contribution in [1.29, 1.82) is 0 Å². The van der Waals surface area contributed by atoms with Crippen LogP contribution < -0.4 is 19.3 Å². The van der Waals surface area contributed by atoms with E-state index in [0.29, 0.717) is 39.9 Å². The van der Waals surface area contributed by atoms with Gasteiger partial charge < -0.3 is 24.6 Å². The summed E-state index contributed by atoms with van der Waals surface area (Å²) in [6.45, 7) is 7.53. The molecule has 2 aromatic carbocycles. The Balaban J connectivity index is 2.12. The molecule has 1 saturated heterocycles. The fourth-order valence-electron chi connectivity index (χ4n) is 6.55. The maximum Gasteiger partial charge on any atom is 0.367 e. The normalized spacial score (nSPS) is 26.9. The molecule has 1 unspecified atom stereocenters. The Morgan fingerprint density at radius 2 is 1.88 bits per heavy atom. The summed E-state index contributed by atoms with van der Waals surface area (Å²) >= 11 is 6.55. The topological polar surface area (TPSA) is 111 Å². The Bertz CT molecular complexity index is 1320. The number of ketones is 1. The van der Waals surface area contributed by atoms with E-state index < -0.39 is 39.3 Å². The van der Waals surface area contributed by atoms with Crippen molar-refractivity contribution in [3.63, 3.8) is 0 Å². The number of carbonyl (C=O) groups excluding carboxylic acids is 2. The minimum Gasteiger partial charge on any atom is -0.497 e. The van der Waals surface area contributed by atoms with Crippen LogP contribution in [0.1, 0.15) is 51.3 Å². The summed E-state index contributed by atoms with van der Waals surface area (Å²) in [5, 5.41) is 14.7. The standard InChI is InChI=1S/C30H37ClN2O7/c1-18(34)23-15-32-12-11-30(23,28(36)37)33(17-29(2,3)4)24-10-7-19(31)13-22(24)27(40-16-26(33)35)21-9-8-20(38-5)14-25(21)39-6/h7-10,13-14,23,27,32H,11-12,15-17H2,1-6H3/p+1/t23-,27?,30+,33+/m1/s1. The summed E-state index contributed by atoms with van der Waals surface area (Å²) in [5.74, 6) is -1.80. The first-order valence-corrected chi connectivity index (χ1v) is 13.7. The Labute approximate surface area is 239 Å². The molecule has 1 fully saturated rings. The van der Waals surface area contributed by atoms with Crippen molar-refractivity contribution in [1.82, 2.24) is 9.80 Å². The minimum atomic E-state index is -1.77. The maximum absolute atomic E-state index is 14.6. The second-order valence-corrected chi connectivity index (χ2v) is 12.2. The van der Waals surface area contributed by atoms with Gasteiger partial charge in [0.1, 0.15) is 29.1 Å². The summed E-state index contributed by atoms with van der Waals surface area (Å²) < 4.78 is 16.8. The highest BCUT2D eigenvalue weighted by atomic mass is 35.5. The minimum absolute atomic E-state index is 0.0764. The summed E-state index contributed by atoms with van der Waals surface area (Å²) in [6, 6.07) is 10.4. The zero-order valence-corrected chi connectivity index (χ0v) is 24.6. The third-order valence-corrected chi connectivity index (χ3v) is 8.30. The van der Waals surface area contributed by atoms with E-state index in [1.807, 2.05) is 20.8 Å². The van der Waals surface area contributed by atoms with Crippen molar-refractivity contribution in [3.8, 4) is 11.5 Å². The number of carboxylic acids is 1. The van der Waals surface area contributed by atoms with Crippen LogP contribution >= 0.6 is 11.6 Å². The molecule has 9 nitrogen and oxygen atoms in total. The molecule has 0 aromatic heterocycles. The number of quaternary nitrogens is 1. The third-order valence-electron chi connectivity index (χ3n) is 8.07. The van der Waals surface area contributed by atoms with Crippen molar-refractivity contribution >= 4 is 34.9 Å². The Morgan fingerprint density at radius 1 is 1.15 bits per heavy atom. The molecular weight excluding hydrogens is 536 g/mol. The highest BCUT2D eigenvalue weighted by molar-refractivity contribution is 6.30. The van der Waals surface area contributed by atoms with Crippen molar-refractivity contribution in [2.45, 2.75) is 45.8 Å². The summed E-state index contributed by atoms with van der Waals surface area (Å²) in [5.41, 5.74) is -0.647. The van der Waals surface area contributed by atoms with E-state index in [2.05, 4.69) is 5.32 Å². The molecule has 2 N–H and O–H groups in total. The fraction of sp³-hybridized carbons (Fsp3) is 0.500. The first kappa shape index (κ1) is 30.0. The molecule has 2 aliphatic rings. The second-order valence-electron chi connectivity index (χ2n) is 11.8. The second kappa shape index (κ2) is 11.1. The van der Waals surface area contributed by atoms with Crippen molar-refractivity contribution in [2.75, 3.05) is 40.5 Å². The van der Waals surface area contributed by atoms with E-state index in [1.165, 1.54) is 14.0 Å². The average Bonchev–Trinajstić information content (AvgIpc) is 3.01. The number of hydrogen-bond donors (Lipinski definition) is 2. The summed E-state index contributed by atoms with van der Waals surface area (Å²) in [6.07, 6.45) is -0.727. The number of methoxy groups -OCH3 is 2. The van der Waals surface area contributed by atoms with Gasteiger partial charge in [-0.1, -0.05) is 32.4 Å². The van der Waals surface area contributed by atoms with Crippen molar-refractivity contribution in [2.24, 2.45) is 11.3 Å². The molecule has 0 radical (unpaired) electrons. The van der Waals surface area contributed by atoms with Crippen molar-refractivity contribution < 1.29 is 33.7 Å². The Morgan fingerprint density at radius 3 is 2.48 bits per heavy atom. The predicted octanol–water partition coefficient (Wildman–Crippen LogP) is 4.38. The van der Waals surface area contributed by atoms with Gasteiger partial charge in [0.05, 0.1) is 26.7 Å². The molecule has 2 heterocycles. The van der Waals surface area contributed by atoms with Gasteiger partial charge in [0.2, 0.25) is 5.54 Å². The van der Waals surface area contributed by atoms with Crippen LogP contribution in [0, 0.1) is 11.3 Å². The van der Waals surface area contributed by atoms with Gasteiger partial charge in [-0.15, -0.1) is 0 Å². The first-order chi connectivity index (χ1) is 18.8. The van der Waals surface area contributed by atoms with Crippen LogP contribution in [0.25, 0.3) is 0 Å². The molecule has 4 atom stereocenters. The van der Waals surface area contributed by atoms with E-state index >= 15 is 0 Å². The number of rotatable bonds is 7. The quantitative estimate of drug-likeness (QED) is 0.470. The molecule has 0 saturated carbocycles. The Kier molecular flexibility index (Phi) is 8.34. The number of aliphatic carboxylic acids is 1. The van der Waals surface area contributed by atoms with Gasteiger partial charge in [-0.2, -0.15) is 0 Å². The number of nitrogens with zero attached hydrogens (tertiary/aromatic N) is 1. The number of halogens is 1. The van der Waals surface area contributed by atoms with Crippen LogP contribution in [0.4, 0.5) is 5.69 Å². The number of carbonyl (C=O) groups is 3. The highest BCUT2D eigenvalue weighted by Crippen LogP contribution is 2.52. The van der Waals surface area contributed by atoms with E-state index in [-0.39, 0.29) is 31.9 Å². The number of hydrogen-bond acceptors (Lipinski definition) is 7. The number of carboxylic acid groups (broad SMARTS) is 1. The van der Waals surface area contributed by atoms with Gasteiger partial charge in [0.25, 0.3) is 0 Å². The molecule has 40 heavy (non-hydrogen) atoms. The van der Waals surface area contributed by atoms with Gasteiger partial charge in [-0.3, -0.25) is 4.79 Å². The number of fused-ring (bicyclic) bond motifs is 1. The zero-order valence-electron chi connectivity index (χ0n) is 23.9. The van der Waals surface area contributed by atoms with Crippen LogP contribution in [0.3, 0.4) is 0 Å². The molecule has 4 rings (SSSR count). The molecule has 216 valence electrons. The molecule has 2 aromatic rings. The number of benzene rings is 2. The lowest BCUT2D eigenvalue weighted by Gasteiger charge is -2.54. The highest BCUT2D eigenvalue weighted by Gasteiger charge is 2.70. The lowest BCUT2D eigenvalue weighted by molar-refractivity contribution is -0.170. The van der Waals surface area contributed by atoms with E-state index in [0.717, 1.165) is 0 Å². The average molecular weight is 574 g/mol. The van der Waals surface area contributed by atoms with Crippen LogP contribution in [-0.2, 0) is 19.1 Å². The first-order valence-electron chi connectivity index (χ1n) is 13.3. The SMILES string of the molecule is COc1ccc(C2OCC(=O)[N@@+](CC(C)(C)C)([C@@]3(C(=O)O)CCNC[C@@H]3C(C)=O)c3ccc(Cl)cc32)c(OC)c1. The number of Topliss-reactive ketones (excluding diaryl/α,β-unsaturated/α-hetero) is 1. The number of piperidine rings is 1. The van der Waals surface area contributed by atoms with Gasteiger partial charge in [-0.25, -0.2) is 14.1 Å². The van der Waals surface area contributed by atoms with Crippen molar-refractivity contribution in [3.05, 3.63) is 52.5 Å². The number of ether oxygens (including phenoxy) is 3. The monoisotopic (exact) mass is 573 g/mol. The smallest absolute Gasteiger partial charge is 0.367 e. The lowest BCUT2D eigenvalue weighted by Crippen LogP contribution is -2.80. The maximum atomic E-state index is 14.6. The van der Waals surface area contributed by atoms with E-state index in [4.69, 9.17) is 25.8 Å². The van der Waals surface area contributed by atoms with E-state index in [9.17, 15) is 19.5 Å². The molecule has 10 heteroatoms. The third kappa shape index (κ3) is 4.89. The molecule has 2 aliphatic heterocycles. The number of amides is 1. The Hall–Kier alpha value is -2.98. The van der Waals surface area contributed by atoms with Crippen LogP contribution in [0.2, 0.25) is 5.02 Å². The van der Waals surface area contributed by atoms with Gasteiger partial charge in [-0.05, 0) is 31.2 Å². The van der Waals surface area contributed by atoms with E-state index in [1.54, 1.807) is 43.5 Å². The molecular formula is C30H38ClN2O7+. The molecule has 1 amide bonds. The molecule has 0 spiro atoms. The van der Waals surface area contributed by atoms with Crippen LogP contribution in [0.15, 0.2) is 36.4 Å². The summed E-state index contributed by atoms with van der Waals surface area (Å²) in [7, 11) is 3.09. The zero-order chi connectivity index (χ0) is 29.5. The lowest BCUT2D eigenvalue weighted by atomic mass is 9.70. The van der Waals surface area contributed by atoms with Crippen LogP contribution in [0.5, 0.6) is 11.5 Å². The van der Waals surface area contributed by atoms with Gasteiger partial charge >= 0.3 is 11.9 Å². The van der Waals surface area contributed by atoms with Crippen LogP contribution in [-0.4, -0.2) is 68.8 Å². The van der Waals surface area contributed by atoms with Gasteiger partial charge in [0.15, 0.2) is 6.61 Å². The summed E-state index contributed by atoms with van der Waals surface area (Å²) in [4.78, 5) is 41.4. The molecule has 0 aliphatic carbocycles. The molecule has 0 bridgehead atoms. The predicted molar refractivity (Wildman–Crippen MR) is 152 cm³/mol.